The lowest BCUT2D eigenvalue weighted by Gasteiger charge is -2.26. The smallest absolute Gasteiger partial charge is 0.336 e. The van der Waals surface area contributed by atoms with Gasteiger partial charge in [-0.25, -0.2) is 4.79 Å². The highest BCUT2D eigenvalue weighted by molar-refractivity contribution is 6.03. The van der Waals surface area contributed by atoms with Gasteiger partial charge in [0.25, 0.3) is 0 Å². The topological polar surface area (TPSA) is 95.0 Å². The molecule has 3 aromatic rings. The van der Waals surface area contributed by atoms with Crippen molar-refractivity contribution in [2.24, 2.45) is 0 Å². The number of carbonyl (C=O) groups excluding carboxylic acids is 2. The van der Waals surface area contributed by atoms with Crippen LogP contribution in [0.25, 0.3) is 6.08 Å². The number of aryl methyl sites for hydroxylation is 2. The third-order valence-electron chi connectivity index (χ3n) is 5.32. The summed E-state index contributed by atoms with van der Waals surface area (Å²) in [6.45, 7) is 3.84. The summed E-state index contributed by atoms with van der Waals surface area (Å²) in [5.74, 6) is -0.310. The van der Waals surface area contributed by atoms with Crippen LogP contribution >= 0.6 is 0 Å². The van der Waals surface area contributed by atoms with Gasteiger partial charge in [-0.05, 0) is 48.7 Å². The zero-order valence-electron chi connectivity index (χ0n) is 18.5. The lowest BCUT2D eigenvalue weighted by molar-refractivity contribution is -0.128. The minimum atomic E-state index is -0.654. The van der Waals surface area contributed by atoms with Crippen molar-refractivity contribution >= 4 is 17.8 Å². The Labute approximate surface area is 191 Å². The van der Waals surface area contributed by atoms with Crippen molar-refractivity contribution in [2.45, 2.75) is 26.4 Å². The van der Waals surface area contributed by atoms with Gasteiger partial charge < -0.3 is 19.3 Å². The molecule has 2 aromatic carbocycles. The highest BCUT2D eigenvalue weighted by Gasteiger charge is 2.31. The van der Waals surface area contributed by atoms with Gasteiger partial charge >= 0.3 is 5.97 Å². The Morgan fingerprint density at radius 1 is 1.18 bits per heavy atom. The number of ketones is 1. The Morgan fingerprint density at radius 3 is 2.73 bits per heavy atom. The molecule has 0 radical (unpaired) electrons. The van der Waals surface area contributed by atoms with Crippen molar-refractivity contribution in [1.29, 1.82) is 0 Å². The van der Waals surface area contributed by atoms with Gasteiger partial charge in [-0.3, -0.25) is 9.78 Å². The maximum Gasteiger partial charge on any atom is 0.336 e. The Morgan fingerprint density at radius 2 is 2.00 bits per heavy atom. The molecular formula is C26H23NO6. The first-order valence-electron chi connectivity index (χ1n) is 10.4. The summed E-state index contributed by atoms with van der Waals surface area (Å²) in [4.78, 5) is 29.2. The van der Waals surface area contributed by atoms with Crippen molar-refractivity contribution < 1.29 is 28.9 Å². The molecule has 4 rings (SSSR count). The van der Waals surface area contributed by atoms with E-state index in [1.54, 1.807) is 19.4 Å². The Hall–Kier alpha value is -4.13. The molecule has 7 heteroatoms. The van der Waals surface area contributed by atoms with Gasteiger partial charge in [-0.15, -0.1) is 0 Å². The van der Waals surface area contributed by atoms with E-state index in [-0.39, 0.29) is 35.0 Å². The third kappa shape index (κ3) is 4.87. The van der Waals surface area contributed by atoms with Crippen LogP contribution in [-0.4, -0.2) is 29.0 Å². The summed E-state index contributed by atoms with van der Waals surface area (Å²) in [5, 5.41) is 10.4. The Balaban J connectivity index is 1.55. The molecule has 1 aromatic heterocycles. The summed E-state index contributed by atoms with van der Waals surface area (Å²) in [5.41, 5.74) is 3.42. The van der Waals surface area contributed by atoms with E-state index >= 15 is 0 Å². The number of ether oxygens (including phenoxy) is 3. The number of phenolic OH excluding ortho intramolecular Hbond substituents is 1. The first kappa shape index (κ1) is 22.1. The zero-order valence-corrected chi connectivity index (χ0v) is 18.5. The van der Waals surface area contributed by atoms with Crippen LogP contribution in [0.2, 0.25) is 0 Å². The Bertz CT molecular complexity index is 1250. The van der Waals surface area contributed by atoms with Gasteiger partial charge in [-0.2, -0.15) is 0 Å². The number of pyridine rings is 1. The van der Waals surface area contributed by atoms with Gasteiger partial charge in [0.05, 0.1) is 19.2 Å². The molecule has 1 N–H and O–H groups in total. The van der Waals surface area contributed by atoms with E-state index in [1.807, 2.05) is 38.1 Å². The summed E-state index contributed by atoms with van der Waals surface area (Å²) < 4.78 is 16.7. The predicted molar refractivity (Wildman–Crippen MR) is 122 cm³/mol. The second-order valence-electron chi connectivity index (χ2n) is 7.79. The lowest BCUT2D eigenvalue weighted by atomic mass is 9.95. The second kappa shape index (κ2) is 9.16. The molecule has 0 aliphatic carbocycles. The predicted octanol–water partition coefficient (Wildman–Crippen LogP) is 4.74. The van der Waals surface area contributed by atoms with Crippen LogP contribution in [0, 0.1) is 13.8 Å². The molecule has 33 heavy (non-hydrogen) atoms. The maximum atomic E-state index is 12.7. The minimum Gasteiger partial charge on any atom is -0.507 e. The molecular weight excluding hydrogens is 422 g/mol. The monoisotopic (exact) mass is 445 g/mol. The number of Topliss-reactive ketones (excluding diaryl/α,β-unsaturated/α-hetero) is 1. The van der Waals surface area contributed by atoms with E-state index < -0.39 is 12.1 Å². The van der Waals surface area contributed by atoms with Gasteiger partial charge in [0, 0.05) is 24.4 Å². The van der Waals surface area contributed by atoms with Crippen molar-refractivity contribution in [3.8, 4) is 23.0 Å². The summed E-state index contributed by atoms with van der Waals surface area (Å²) in [7, 11) is 1.58. The van der Waals surface area contributed by atoms with Gasteiger partial charge in [-0.1, -0.05) is 18.2 Å². The molecule has 0 amide bonds. The molecule has 0 spiro atoms. The number of hydrogen-bond donors (Lipinski definition) is 1. The fourth-order valence-corrected chi connectivity index (χ4v) is 3.58. The highest BCUT2D eigenvalue weighted by atomic mass is 16.5. The first-order valence-corrected chi connectivity index (χ1v) is 10.4. The van der Waals surface area contributed by atoms with E-state index in [1.165, 1.54) is 24.3 Å². The molecule has 0 unspecified atom stereocenters. The molecule has 7 nitrogen and oxygen atoms in total. The van der Waals surface area contributed by atoms with Crippen LogP contribution in [-0.2, 0) is 4.79 Å². The number of carbonyl (C=O) groups is 2. The number of benzene rings is 2. The molecule has 2 heterocycles. The number of methoxy groups -OCH3 is 1. The summed E-state index contributed by atoms with van der Waals surface area (Å²) >= 11 is 0. The standard InChI is InChI=1S/C26H23NO6/c1-15-4-7-18(27-14-15)8-9-25(30)32-19-11-20(28)26-21(29)13-23(33-24(26)12-19)17-6-5-16(2)22(10-17)31-3/h4-12,14,23,28H,13H2,1-3H3/b9-8+/t23-/m0/s1. The van der Waals surface area contributed by atoms with E-state index in [4.69, 9.17) is 14.2 Å². The number of phenols is 1. The third-order valence-corrected chi connectivity index (χ3v) is 5.32. The lowest BCUT2D eigenvalue weighted by Crippen LogP contribution is -2.21. The van der Waals surface area contributed by atoms with E-state index in [0.29, 0.717) is 11.4 Å². The molecule has 1 atom stereocenters. The number of rotatable bonds is 5. The second-order valence-corrected chi connectivity index (χ2v) is 7.79. The van der Waals surface area contributed by atoms with Gasteiger partial charge in [0.2, 0.25) is 0 Å². The van der Waals surface area contributed by atoms with Gasteiger partial charge in [0.15, 0.2) is 5.78 Å². The van der Waals surface area contributed by atoms with Gasteiger partial charge in [0.1, 0.15) is 34.7 Å². The molecule has 0 bridgehead atoms. The molecule has 0 saturated carbocycles. The Kier molecular flexibility index (Phi) is 6.13. The first-order chi connectivity index (χ1) is 15.8. The highest BCUT2D eigenvalue weighted by Crippen LogP contribution is 2.42. The van der Waals surface area contributed by atoms with E-state index in [9.17, 15) is 14.7 Å². The van der Waals surface area contributed by atoms with E-state index in [2.05, 4.69) is 4.98 Å². The number of aromatic nitrogens is 1. The molecule has 1 aliphatic heterocycles. The summed E-state index contributed by atoms with van der Waals surface area (Å²) in [6.07, 6.45) is 3.97. The average Bonchev–Trinajstić information content (AvgIpc) is 2.78. The normalized spacial score (nSPS) is 15.1. The minimum absolute atomic E-state index is 0.0627. The van der Waals surface area contributed by atoms with Crippen LogP contribution in [0.3, 0.4) is 0 Å². The molecule has 0 fully saturated rings. The summed E-state index contributed by atoms with van der Waals surface area (Å²) in [6, 6.07) is 11.9. The van der Waals surface area contributed by atoms with Crippen molar-refractivity contribution in [2.75, 3.05) is 7.11 Å². The number of aromatic hydroxyl groups is 1. The fraction of sp³-hybridized carbons (Fsp3) is 0.192. The largest absolute Gasteiger partial charge is 0.507 e. The number of fused-ring (bicyclic) bond motifs is 1. The molecule has 168 valence electrons. The maximum absolute atomic E-state index is 12.7. The zero-order chi connectivity index (χ0) is 23.5. The quantitative estimate of drug-likeness (QED) is 0.344. The van der Waals surface area contributed by atoms with Crippen LogP contribution in [0.15, 0.2) is 54.7 Å². The van der Waals surface area contributed by atoms with Crippen LogP contribution in [0.1, 0.15) is 45.3 Å². The van der Waals surface area contributed by atoms with Crippen molar-refractivity contribution in [1.82, 2.24) is 4.98 Å². The number of esters is 1. The van der Waals surface area contributed by atoms with Crippen LogP contribution in [0.5, 0.6) is 23.0 Å². The van der Waals surface area contributed by atoms with Crippen molar-refractivity contribution in [3.05, 3.63) is 82.7 Å². The van der Waals surface area contributed by atoms with Crippen molar-refractivity contribution in [3.63, 3.8) is 0 Å². The van der Waals surface area contributed by atoms with Crippen LogP contribution < -0.4 is 14.2 Å². The number of hydrogen-bond acceptors (Lipinski definition) is 7. The SMILES string of the molecule is COc1cc([C@@H]2CC(=O)c3c(O)cc(OC(=O)/C=C/c4ccc(C)cn4)cc3O2)ccc1C. The fourth-order valence-electron chi connectivity index (χ4n) is 3.58. The number of nitrogens with zero attached hydrogens (tertiary/aromatic N) is 1. The van der Waals surface area contributed by atoms with Crippen LogP contribution in [0.4, 0.5) is 0 Å². The van der Waals surface area contributed by atoms with E-state index in [0.717, 1.165) is 16.7 Å². The molecule has 0 saturated heterocycles. The molecule has 1 aliphatic rings. The average molecular weight is 445 g/mol.